The third kappa shape index (κ3) is 2.37. The van der Waals surface area contributed by atoms with Crippen molar-refractivity contribution in [1.29, 1.82) is 0 Å². The Balaban J connectivity index is 1.59. The maximum absolute atomic E-state index is 4.79. The molecule has 0 fully saturated rings. The molecule has 0 amide bonds. The van der Waals surface area contributed by atoms with Gasteiger partial charge < -0.3 is 4.57 Å². The topological polar surface area (TPSA) is 30.7 Å². The molecular formula is C33H23N3. The Hall–Kier alpha value is -4.50. The van der Waals surface area contributed by atoms with Crippen LogP contribution < -0.4 is 0 Å². The summed E-state index contributed by atoms with van der Waals surface area (Å²) in [5.41, 5.74) is 10.9. The van der Waals surface area contributed by atoms with E-state index in [0.717, 1.165) is 27.5 Å². The first-order valence-electron chi connectivity index (χ1n) is 12.4. The Morgan fingerprint density at radius 1 is 0.667 bits per heavy atom. The van der Waals surface area contributed by atoms with Crippen LogP contribution in [0, 0.1) is 0 Å². The van der Waals surface area contributed by atoms with E-state index >= 15 is 0 Å². The van der Waals surface area contributed by atoms with E-state index in [1.807, 2.05) is 18.5 Å². The zero-order valence-corrected chi connectivity index (χ0v) is 20.2. The molecular weight excluding hydrogens is 438 g/mol. The van der Waals surface area contributed by atoms with E-state index in [2.05, 4.69) is 103 Å². The average molecular weight is 462 g/mol. The molecule has 0 saturated heterocycles. The van der Waals surface area contributed by atoms with Crippen molar-refractivity contribution in [3.05, 3.63) is 115 Å². The van der Waals surface area contributed by atoms with Crippen LogP contribution in [-0.2, 0) is 5.41 Å². The minimum absolute atomic E-state index is 0.0349. The minimum Gasteiger partial charge on any atom is -0.308 e. The molecule has 7 aromatic rings. The normalized spacial score (nSPS) is 14.1. The van der Waals surface area contributed by atoms with Crippen LogP contribution in [0.25, 0.3) is 60.4 Å². The smallest absolute Gasteiger partial charge is 0.0832 e. The fraction of sp³-hybridized carbons (Fsp3) is 0.0909. The first-order valence-corrected chi connectivity index (χ1v) is 12.4. The van der Waals surface area contributed by atoms with Crippen LogP contribution in [0.3, 0.4) is 0 Å². The van der Waals surface area contributed by atoms with Crippen molar-refractivity contribution in [2.45, 2.75) is 19.3 Å². The summed E-state index contributed by atoms with van der Waals surface area (Å²) in [6, 6.07) is 32.8. The number of nitrogens with zero attached hydrogens (tertiary/aromatic N) is 3. The molecule has 0 bridgehead atoms. The van der Waals surface area contributed by atoms with Crippen LogP contribution in [0.4, 0.5) is 0 Å². The van der Waals surface area contributed by atoms with Crippen LogP contribution in [0.15, 0.2) is 103 Å². The lowest BCUT2D eigenvalue weighted by atomic mass is 9.82. The molecule has 8 rings (SSSR count). The molecule has 1 aliphatic rings. The summed E-state index contributed by atoms with van der Waals surface area (Å²) in [7, 11) is 0. The zero-order valence-electron chi connectivity index (χ0n) is 20.2. The molecule has 0 atom stereocenters. The lowest BCUT2D eigenvalue weighted by Crippen LogP contribution is -2.14. The molecule has 36 heavy (non-hydrogen) atoms. The molecule has 170 valence electrons. The number of fused-ring (bicyclic) bond motifs is 10. The van der Waals surface area contributed by atoms with Gasteiger partial charge in [0.25, 0.3) is 0 Å². The fourth-order valence-corrected chi connectivity index (χ4v) is 6.45. The van der Waals surface area contributed by atoms with E-state index in [0.29, 0.717) is 0 Å². The highest BCUT2D eigenvalue weighted by Crippen LogP contribution is 2.53. The van der Waals surface area contributed by atoms with Gasteiger partial charge in [0.05, 0.1) is 33.1 Å². The summed E-state index contributed by atoms with van der Waals surface area (Å²) in [5, 5.41) is 4.73. The van der Waals surface area contributed by atoms with Gasteiger partial charge in [0.2, 0.25) is 0 Å². The summed E-state index contributed by atoms with van der Waals surface area (Å²) in [6.45, 7) is 4.69. The van der Waals surface area contributed by atoms with Crippen molar-refractivity contribution in [3.63, 3.8) is 0 Å². The number of benzene rings is 4. The molecule has 3 heteroatoms. The highest BCUT2D eigenvalue weighted by atomic mass is 15.0. The standard InChI is InChI=1S/C33H23N3/c1-33(2)23-12-5-3-10-21(23)29-24(33)16-17-28-30(29)22-11-4-6-14-26(22)36(28)27-15-7-13-25-31(27)32-20(19-35-25)9-8-18-34-32/h3-19H,1-2H3. The van der Waals surface area contributed by atoms with Gasteiger partial charge in [-0.3, -0.25) is 9.97 Å². The van der Waals surface area contributed by atoms with Crippen molar-refractivity contribution >= 4 is 43.6 Å². The lowest BCUT2D eigenvalue weighted by Gasteiger charge is -2.21. The monoisotopic (exact) mass is 461 g/mol. The molecule has 0 unspecified atom stereocenters. The molecule has 0 radical (unpaired) electrons. The molecule has 3 aromatic heterocycles. The first kappa shape index (κ1) is 19.8. The van der Waals surface area contributed by atoms with E-state index in [-0.39, 0.29) is 5.41 Å². The van der Waals surface area contributed by atoms with Crippen LogP contribution in [0.5, 0.6) is 0 Å². The predicted molar refractivity (Wildman–Crippen MR) is 149 cm³/mol. The van der Waals surface area contributed by atoms with Gasteiger partial charge in [0.15, 0.2) is 0 Å². The quantitative estimate of drug-likeness (QED) is 0.231. The maximum atomic E-state index is 4.79. The van der Waals surface area contributed by atoms with Crippen LogP contribution in [0.2, 0.25) is 0 Å². The van der Waals surface area contributed by atoms with Gasteiger partial charge in [-0.2, -0.15) is 0 Å². The number of hydrogen-bond acceptors (Lipinski definition) is 2. The number of aromatic nitrogens is 3. The molecule has 3 heterocycles. The third-order valence-corrected chi connectivity index (χ3v) is 8.06. The second-order valence-corrected chi connectivity index (χ2v) is 10.3. The summed E-state index contributed by atoms with van der Waals surface area (Å²) in [5.74, 6) is 0. The average Bonchev–Trinajstić information content (AvgIpc) is 3.37. The zero-order chi connectivity index (χ0) is 24.0. The molecule has 4 aromatic carbocycles. The Labute approximate surface area is 208 Å². The number of pyridine rings is 2. The van der Waals surface area contributed by atoms with E-state index in [9.17, 15) is 0 Å². The minimum atomic E-state index is -0.0349. The van der Waals surface area contributed by atoms with Gasteiger partial charge in [0, 0.05) is 34.0 Å². The van der Waals surface area contributed by atoms with Gasteiger partial charge >= 0.3 is 0 Å². The molecule has 3 nitrogen and oxygen atoms in total. The Morgan fingerprint density at radius 3 is 2.47 bits per heavy atom. The predicted octanol–water partition coefficient (Wildman–Crippen LogP) is 8.19. The molecule has 0 saturated carbocycles. The second kappa shape index (κ2) is 6.79. The Bertz CT molecular complexity index is 2030. The van der Waals surface area contributed by atoms with Gasteiger partial charge in [-0.05, 0) is 58.7 Å². The summed E-state index contributed by atoms with van der Waals surface area (Å²) in [6.07, 6.45) is 3.79. The third-order valence-electron chi connectivity index (χ3n) is 8.06. The van der Waals surface area contributed by atoms with Crippen molar-refractivity contribution in [2.75, 3.05) is 0 Å². The lowest BCUT2D eigenvalue weighted by molar-refractivity contribution is 0.661. The van der Waals surface area contributed by atoms with Crippen molar-refractivity contribution in [2.24, 2.45) is 0 Å². The van der Waals surface area contributed by atoms with Crippen LogP contribution >= 0.6 is 0 Å². The van der Waals surface area contributed by atoms with Crippen LogP contribution in [0.1, 0.15) is 25.0 Å². The Kier molecular flexibility index (Phi) is 3.73. The number of para-hydroxylation sites is 1. The summed E-state index contributed by atoms with van der Waals surface area (Å²) >= 11 is 0. The molecule has 1 aliphatic carbocycles. The Morgan fingerprint density at radius 2 is 1.53 bits per heavy atom. The molecule has 0 spiro atoms. The van der Waals surface area contributed by atoms with Gasteiger partial charge in [-0.15, -0.1) is 0 Å². The van der Waals surface area contributed by atoms with Gasteiger partial charge in [-0.1, -0.05) is 68.4 Å². The highest BCUT2D eigenvalue weighted by molar-refractivity contribution is 6.19. The van der Waals surface area contributed by atoms with E-state index < -0.39 is 0 Å². The summed E-state index contributed by atoms with van der Waals surface area (Å²) in [4.78, 5) is 9.59. The first-order chi connectivity index (χ1) is 17.6. The van der Waals surface area contributed by atoms with Gasteiger partial charge in [0.1, 0.15) is 0 Å². The molecule has 0 aliphatic heterocycles. The van der Waals surface area contributed by atoms with E-state index in [4.69, 9.17) is 9.97 Å². The number of rotatable bonds is 1. The van der Waals surface area contributed by atoms with Crippen molar-refractivity contribution in [3.8, 4) is 16.8 Å². The maximum Gasteiger partial charge on any atom is 0.0832 e. The SMILES string of the molecule is CC1(C)c2ccccc2-c2c1ccc1c2c2ccccc2n1-c1cccc2ncc3cccnc3c12. The van der Waals surface area contributed by atoms with E-state index in [1.54, 1.807) is 0 Å². The van der Waals surface area contributed by atoms with Crippen molar-refractivity contribution < 1.29 is 0 Å². The highest BCUT2D eigenvalue weighted by Gasteiger charge is 2.37. The van der Waals surface area contributed by atoms with E-state index in [1.165, 1.54) is 44.1 Å². The largest absolute Gasteiger partial charge is 0.308 e. The summed E-state index contributed by atoms with van der Waals surface area (Å²) < 4.78 is 2.41. The molecule has 0 N–H and O–H groups in total. The number of hydrogen-bond donors (Lipinski definition) is 0. The second-order valence-electron chi connectivity index (χ2n) is 10.3. The van der Waals surface area contributed by atoms with Crippen molar-refractivity contribution in [1.82, 2.24) is 14.5 Å². The fourth-order valence-electron chi connectivity index (χ4n) is 6.45. The van der Waals surface area contributed by atoms with Crippen LogP contribution in [-0.4, -0.2) is 14.5 Å². The van der Waals surface area contributed by atoms with Gasteiger partial charge in [-0.25, -0.2) is 0 Å².